The van der Waals surface area contributed by atoms with Crippen molar-refractivity contribution < 1.29 is 13.3 Å². The van der Waals surface area contributed by atoms with Crippen LogP contribution in [0.5, 0.6) is 0 Å². The van der Waals surface area contributed by atoms with Crippen LogP contribution in [0.15, 0.2) is 29.2 Å². The van der Waals surface area contributed by atoms with Gasteiger partial charge in [-0.05, 0) is 49.3 Å². The second-order valence-electron chi connectivity index (χ2n) is 5.20. The Morgan fingerprint density at radius 2 is 2.16 bits per heavy atom. The van der Waals surface area contributed by atoms with Gasteiger partial charge in [-0.15, -0.1) is 0 Å². The molecular formula is C14H17FO2S2. The maximum absolute atomic E-state index is 12.9. The Hall–Kier alpha value is -0.390. The lowest BCUT2D eigenvalue weighted by atomic mass is 9.93. The summed E-state index contributed by atoms with van der Waals surface area (Å²) in [6, 6.07) is 6.04. The second-order valence-corrected chi connectivity index (χ2v) is 8.04. The molecule has 3 unspecified atom stereocenters. The van der Waals surface area contributed by atoms with E-state index in [0.717, 1.165) is 35.7 Å². The average molecular weight is 300 g/mol. The molecule has 0 amide bonds. The first-order valence-electron chi connectivity index (χ1n) is 6.56. The summed E-state index contributed by atoms with van der Waals surface area (Å²) in [6.45, 7) is 0.693. The molecule has 3 atom stereocenters. The molecule has 0 aromatic heterocycles. The molecule has 3 rings (SSSR count). The molecule has 2 aliphatic heterocycles. The quantitative estimate of drug-likeness (QED) is 0.840. The van der Waals surface area contributed by atoms with Crippen LogP contribution in [0.1, 0.15) is 19.3 Å². The van der Waals surface area contributed by atoms with Crippen molar-refractivity contribution in [3.8, 4) is 0 Å². The minimum atomic E-state index is -1.06. The maximum Gasteiger partial charge on any atom is 0.123 e. The first-order chi connectivity index (χ1) is 9.19. The fraction of sp³-hybridized carbons (Fsp3) is 0.571. The molecule has 0 saturated carbocycles. The monoisotopic (exact) mass is 300 g/mol. The highest BCUT2D eigenvalue weighted by atomic mass is 32.2. The molecule has 0 N–H and O–H groups in total. The van der Waals surface area contributed by atoms with E-state index in [4.69, 9.17) is 4.74 Å². The van der Waals surface area contributed by atoms with Crippen molar-refractivity contribution in [1.82, 2.24) is 0 Å². The van der Waals surface area contributed by atoms with E-state index in [1.165, 1.54) is 12.1 Å². The van der Waals surface area contributed by atoms with Crippen LogP contribution in [0.3, 0.4) is 0 Å². The fourth-order valence-electron chi connectivity index (χ4n) is 2.79. The van der Waals surface area contributed by atoms with Crippen molar-refractivity contribution in [1.29, 1.82) is 0 Å². The molecule has 2 aliphatic rings. The van der Waals surface area contributed by atoms with Gasteiger partial charge in [0.1, 0.15) is 5.82 Å². The minimum Gasteiger partial charge on any atom is -0.374 e. The van der Waals surface area contributed by atoms with Crippen molar-refractivity contribution >= 4 is 22.6 Å². The molecule has 1 aromatic rings. The van der Waals surface area contributed by atoms with Gasteiger partial charge in [0, 0.05) is 22.5 Å². The summed E-state index contributed by atoms with van der Waals surface area (Å²) in [5, 5.41) is 0.137. The van der Waals surface area contributed by atoms with E-state index < -0.39 is 10.8 Å². The van der Waals surface area contributed by atoms with Crippen LogP contribution in [0.25, 0.3) is 0 Å². The molecule has 1 aromatic carbocycles. The molecule has 1 spiro atoms. The average Bonchev–Trinajstić information content (AvgIpc) is 2.87. The smallest absolute Gasteiger partial charge is 0.123 e. The Balaban J connectivity index is 1.74. The Labute approximate surface area is 119 Å². The standard InChI is InChI=1S/C14H17FO2S2/c15-11-1-3-12(4-2-11)19(16)13-5-7-17-14(9-13)6-8-18-10-14/h1-4,13H,5-10H2. The van der Waals surface area contributed by atoms with Crippen LogP contribution in [0.2, 0.25) is 0 Å². The highest BCUT2D eigenvalue weighted by Crippen LogP contribution is 2.40. The van der Waals surface area contributed by atoms with Gasteiger partial charge in [0.15, 0.2) is 0 Å². The maximum atomic E-state index is 12.9. The lowest BCUT2D eigenvalue weighted by Crippen LogP contribution is -2.43. The van der Waals surface area contributed by atoms with Crippen molar-refractivity contribution in [2.75, 3.05) is 18.1 Å². The van der Waals surface area contributed by atoms with Crippen molar-refractivity contribution in [3.63, 3.8) is 0 Å². The third-order valence-corrected chi connectivity index (χ3v) is 6.83. The van der Waals surface area contributed by atoms with Crippen LogP contribution in [0.4, 0.5) is 4.39 Å². The minimum absolute atomic E-state index is 0.0523. The summed E-state index contributed by atoms with van der Waals surface area (Å²) in [7, 11) is -1.06. The van der Waals surface area contributed by atoms with Crippen LogP contribution in [-0.4, -0.2) is 33.2 Å². The molecular weight excluding hydrogens is 283 g/mol. The van der Waals surface area contributed by atoms with Crippen molar-refractivity contribution in [2.24, 2.45) is 0 Å². The Morgan fingerprint density at radius 1 is 1.37 bits per heavy atom. The molecule has 2 heterocycles. The summed E-state index contributed by atoms with van der Waals surface area (Å²) in [4.78, 5) is 0.731. The molecule has 5 heteroatoms. The van der Waals surface area contributed by atoms with Gasteiger partial charge >= 0.3 is 0 Å². The predicted molar refractivity (Wildman–Crippen MR) is 76.5 cm³/mol. The Morgan fingerprint density at radius 3 is 2.84 bits per heavy atom. The molecule has 0 bridgehead atoms. The molecule has 19 heavy (non-hydrogen) atoms. The first kappa shape index (κ1) is 13.6. The lowest BCUT2D eigenvalue weighted by Gasteiger charge is -2.37. The van der Waals surface area contributed by atoms with Gasteiger partial charge in [0.2, 0.25) is 0 Å². The van der Waals surface area contributed by atoms with E-state index in [0.29, 0.717) is 6.61 Å². The molecule has 104 valence electrons. The van der Waals surface area contributed by atoms with Gasteiger partial charge in [0.25, 0.3) is 0 Å². The van der Waals surface area contributed by atoms with Crippen LogP contribution in [0, 0.1) is 5.82 Å². The van der Waals surface area contributed by atoms with Crippen LogP contribution >= 0.6 is 11.8 Å². The summed E-state index contributed by atoms with van der Waals surface area (Å²) < 4.78 is 31.4. The lowest BCUT2D eigenvalue weighted by molar-refractivity contribution is -0.0567. The van der Waals surface area contributed by atoms with Gasteiger partial charge in [-0.1, -0.05) is 0 Å². The fourth-order valence-corrected chi connectivity index (χ4v) is 5.72. The van der Waals surface area contributed by atoms with Crippen molar-refractivity contribution in [2.45, 2.75) is 35.0 Å². The first-order valence-corrected chi connectivity index (χ1v) is 8.93. The third kappa shape index (κ3) is 2.88. The van der Waals surface area contributed by atoms with E-state index in [2.05, 4.69) is 0 Å². The topological polar surface area (TPSA) is 26.3 Å². The highest BCUT2D eigenvalue weighted by Gasteiger charge is 2.42. The summed E-state index contributed by atoms with van der Waals surface area (Å²) in [5.41, 5.74) is -0.0523. The number of rotatable bonds is 2. The van der Waals surface area contributed by atoms with E-state index in [-0.39, 0.29) is 16.7 Å². The molecule has 0 radical (unpaired) electrons. The zero-order chi connectivity index (χ0) is 13.3. The third-order valence-electron chi connectivity index (χ3n) is 3.86. The zero-order valence-corrected chi connectivity index (χ0v) is 12.3. The Kier molecular flexibility index (Phi) is 3.96. The van der Waals surface area contributed by atoms with Gasteiger partial charge in [-0.3, -0.25) is 4.21 Å². The van der Waals surface area contributed by atoms with Gasteiger partial charge in [-0.25, -0.2) is 4.39 Å². The summed E-state index contributed by atoms with van der Waals surface area (Å²) in [5.74, 6) is 1.87. The molecule has 2 nitrogen and oxygen atoms in total. The SMILES string of the molecule is O=S(c1ccc(F)cc1)C1CCOC2(CCSC2)C1. The van der Waals surface area contributed by atoms with E-state index >= 15 is 0 Å². The van der Waals surface area contributed by atoms with E-state index in [1.807, 2.05) is 11.8 Å². The van der Waals surface area contributed by atoms with E-state index in [1.54, 1.807) is 12.1 Å². The van der Waals surface area contributed by atoms with Crippen LogP contribution < -0.4 is 0 Å². The number of halogens is 1. The number of hydrogen-bond donors (Lipinski definition) is 0. The summed E-state index contributed by atoms with van der Waals surface area (Å²) >= 11 is 1.92. The molecule has 2 saturated heterocycles. The number of hydrogen-bond acceptors (Lipinski definition) is 3. The largest absolute Gasteiger partial charge is 0.374 e. The molecule has 2 fully saturated rings. The number of ether oxygens (including phenoxy) is 1. The Bertz CT molecular complexity index is 469. The second kappa shape index (κ2) is 5.54. The normalized spacial score (nSPS) is 32.6. The highest BCUT2D eigenvalue weighted by molar-refractivity contribution is 7.99. The van der Waals surface area contributed by atoms with Crippen molar-refractivity contribution in [3.05, 3.63) is 30.1 Å². The summed E-state index contributed by atoms with van der Waals surface area (Å²) in [6.07, 6.45) is 2.76. The van der Waals surface area contributed by atoms with Gasteiger partial charge in [0.05, 0.1) is 16.4 Å². The van der Waals surface area contributed by atoms with Gasteiger partial charge < -0.3 is 4.74 Å². The zero-order valence-electron chi connectivity index (χ0n) is 10.6. The molecule has 0 aliphatic carbocycles. The predicted octanol–water partition coefficient (Wildman–Crippen LogP) is 2.99. The number of thioether (sulfide) groups is 1. The van der Waals surface area contributed by atoms with Crippen LogP contribution in [-0.2, 0) is 15.5 Å². The van der Waals surface area contributed by atoms with Gasteiger partial charge in [-0.2, -0.15) is 11.8 Å². The van der Waals surface area contributed by atoms with E-state index in [9.17, 15) is 8.60 Å². The number of benzene rings is 1.